The molecule has 2 rings (SSSR count). The van der Waals surface area contributed by atoms with E-state index >= 15 is 0 Å². The molecule has 96 valence electrons. The third-order valence-electron chi connectivity index (χ3n) is 3.06. The summed E-state index contributed by atoms with van der Waals surface area (Å²) in [4.78, 5) is 2.12. The molecule has 0 amide bonds. The molecule has 0 radical (unpaired) electrons. The van der Waals surface area contributed by atoms with E-state index in [1.807, 2.05) is 6.92 Å². The summed E-state index contributed by atoms with van der Waals surface area (Å²) in [5, 5.41) is 4.70. The first-order valence-corrected chi connectivity index (χ1v) is 7.82. The molecule has 1 aromatic heterocycles. The lowest BCUT2D eigenvalue weighted by Crippen LogP contribution is -2.37. The summed E-state index contributed by atoms with van der Waals surface area (Å²) in [5.41, 5.74) is 0. The Labute approximate surface area is 106 Å². The second kappa shape index (κ2) is 4.96. The molecule has 0 N–H and O–H groups in total. The number of rotatable bonds is 4. The highest BCUT2D eigenvalue weighted by molar-refractivity contribution is 7.91. The third-order valence-corrected chi connectivity index (χ3v) is 5.00. The Hall–Kier alpha value is -0.590. The molecule has 1 unspecified atom stereocenters. The second-order valence-corrected chi connectivity index (χ2v) is 6.97. The van der Waals surface area contributed by atoms with Crippen molar-refractivity contribution in [1.29, 1.82) is 0 Å². The van der Waals surface area contributed by atoms with Gasteiger partial charge in [-0.25, -0.2) is 8.42 Å². The van der Waals surface area contributed by atoms with Gasteiger partial charge in [-0.2, -0.15) is 5.10 Å². The smallest absolute Gasteiger partial charge is 0.151 e. The number of hydrogen-bond acceptors (Lipinski definition) is 4. The largest absolute Gasteiger partial charge is 0.281 e. The molecule has 1 atom stereocenters. The van der Waals surface area contributed by atoms with E-state index in [1.54, 1.807) is 17.1 Å². The lowest BCUT2D eigenvalue weighted by Gasteiger charge is -2.26. The van der Waals surface area contributed by atoms with Crippen LogP contribution in [-0.4, -0.2) is 47.2 Å². The normalized spacial score (nSPS) is 23.4. The van der Waals surface area contributed by atoms with Crippen LogP contribution < -0.4 is 0 Å². The van der Waals surface area contributed by atoms with E-state index in [-0.39, 0.29) is 11.8 Å². The first-order valence-electron chi connectivity index (χ1n) is 5.62. The van der Waals surface area contributed by atoms with Crippen molar-refractivity contribution in [1.82, 2.24) is 14.7 Å². The number of sulfone groups is 1. The summed E-state index contributed by atoms with van der Waals surface area (Å²) in [5.74, 6) is 0.559. The SMILES string of the molecule is CCN(Cn1cc(Cl)cn1)C1CCS(=O)(=O)C1. The first-order chi connectivity index (χ1) is 8.00. The molecule has 0 saturated carbocycles. The maximum absolute atomic E-state index is 11.4. The molecule has 0 bridgehead atoms. The minimum Gasteiger partial charge on any atom is -0.281 e. The zero-order valence-corrected chi connectivity index (χ0v) is 11.3. The topological polar surface area (TPSA) is 55.2 Å². The van der Waals surface area contributed by atoms with E-state index in [1.165, 1.54) is 0 Å². The molecule has 0 aliphatic carbocycles. The average molecular weight is 278 g/mol. The van der Waals surface area contributed by atoms with Crippen molar-refractivity contribution in [3.8, 4) is 0 Å². The standard InChI is InChI=1S/C10H16ClN3O2S/c1-2-13(8-14-6-9(11)5-12-14)10-3-4-17(15,16)7-10/h5-6,10H,2-4,7-8H2,1H3. The fraction of sp³-hybridized carbons (Fsp3) is 0.700. The highest BCUT2D eigenvalue weighted by Crippen LogP contribution is 2.18. The molecule has 5 nitrogen and oxygen atoms in total. The minimum absolute atomic E-state index is 0.105. The molecule has 0 aromatic carbocycles. The Bertz CT molecular complexity index is 485. The van der Waals surface area contributed by atoms with Crippen LogP contribution in [0.15, 0.2) is 12.4 Å². The van der Waals surface area contributed by atoms with Crippen LogP contribution in [-0.2, 0) is 16.5 Å². The summed E-state index contributed by atoms with van der Waals surface area (Å²) in [6.07, 6.45) is 4.04. The van der Waals surface area contributed by atoms with E-state index in [0.717, 1.165) is 6.54 Å². The number of halogens is 1. The molecule has 1 aliphatic heterocycles. The Kier molecular flexibility index (Phi) is 3.75. The third kappa shape index (κ3) is 3.20. The van der Waals surface area contributed by atoms with Crippen molar-refractivity contribution in [3.63, 3.8) is 0 Å². The van der Waals surface area contributed by atoms with Gasteiger partial charge in [0.1, 0.15) is 0 Å². The van der Waals surface area contributed by atoms with Gasteiger partial charge < -0.3 is 0 Å². The minimum atomic E-state index is -2.84. The van der Waals surface area contributed by atoms with Crippen molar-refractivity contribution in [2.75, 3.05) is 18.1 Å². The summed E-state index contributed by atoms with van der Waals surface area (Å²) in [6, 6.07) is 0.105. The number of nitrogens with zero attached hydrogens (tertiary/aromatic N) is 3. The van der Waals surface area contributed by atoms with Crippen LogP contribution in [0.2, 0.25) is 5.02 Å². The summed E-state index contributed by atoms with van der Waals surface area (Å²) in [6.45, 7) is 3.41. The van der Waals surface area contributed by atoms with Gasteiger partial charge in [-0.05, 0) is 13.0 Å². The van der Waals surface area contributed by atoms with Crippen LogP contribution in [0.1, 0.15) is 13.3 Å². The number of aromatic nitrogens is 2. The van der Waals surface area contributed by atoms with Crippen molar-refractivity contribution in [2.24, 2.45) is 0 Å². The maximum Gasteiger partial charge on any atom is 0.151 e. The van der Waals surface area contributed by atoms with Crippen molar-refractivity contribution >= 4 is 21.4 Å². The van der Waals surface area contributed by atoms with Gasteiger partial charge in [0, 0.05) is 12.2 Å². The zero-order chi connectivity index (χ0) is 12.5. The maximum atomic E-state index is 11.4. The van der Waals surface area contributed by atoms with Crippen LogP contribution >= 0.6 is 11.6 Å². The van der Waals surface area contributed by atoms with E-state index in [2.05, 4.69) is 10.00 Å². The first kappa shape index (κ1) is 12.9. The van der Waals surface area contributed by atoms with E-state index < -0.39 is 9.84 Å². The van der Waals surface area contributed by atoms with Gasteiger partial charge in [0.15, 0.2) is 9.84 Å². The molecule has 7 heteroatoms. The molecule has 1 fully saturated rings. The van der Waals surface area contributed by atoms with Gasteiger partial charge in [0.25, 0.3) is 0 Å². The van der Waals surface area contributed by atoms with Crippen molar-refractivity contribution in [2.45, 2.75) is 26.1 Å². The lowest BCUT2D eigenvalue weighted by atomic mass is 10.2. The monoisotopic (exact) mass is 277 g/mol. The van der Waals surface area contributed by atoms with Crippen LogP contribution in [0.4, 0.5) is 0 Å². The van der Waals surface area contributed by atoms with Gasteiger partial charge in [0.2, 0.25) is 0 Å². The summed E-state index contributed by atoms with van der Waals surface area (Å²) in [7, 11) is -2.84. The molecule has 1 saturated heterocycles. The van der Waals surface area contributed by atoms with E-state index in [4.69, 9.17) is 11.6 Å². The quantitative estimate of drug-likeness (QED) is 0.824. The Morgan fingerprint density at radius 1 is 1.65 bits per heavy atom. The zero-order valence-electron chi connectivity index (χ0n) is 9.71. The highest BCUT2D eigenvalue weighted by Gasteiger charge is 2.31. The highest BCUT2D eigenvalue weighted by atomic mass is 35.5. The van der Waals surface area contributed by atoms with Crippen LogP contribution in [0.25, 0.3) is 0 Å². The Balaban J connectivity index is 2.02. The van der Waals surface area contributed by atoms with E-state index in [0.29, 0.717) is 23.9 Å². The molecule has 2 heterocycles. The Morgan fingerprint density at radius 3 is 2.88 bits per heavy atom. The predicted molar refractivity (Wildman–Crippen MR) is 66.7 cm³/mol. The molecule has 1 aromatic rings. The van der Waals surface area contributed by atoms with Crippen LogP contribution in [0.5, 0.6) is 0 Å². The van der Waals surface area contributed by atoms with Crippen LogP contribution in [0, 0.1) is 0 Å². The van der Waals surface area contributed by atoms with Crippen molar-refractivity contribution in [3.05, 3.63) is 17.4 Å². The average Bonchev–Trinajstić information content (AvgIpc) is 2.81. The molecular formula is C10H16ClN3O2S. The lowest BCUT2D eigenvalue weighted by molar-refractivity contribution is 0.165. The van der Waals surface area contributed by atoms with Gasteiger partial charge >= 0.3 is 0 Å². The molecule has 0 spiro atoms. The van der Waals surface area contributed by atoms with Gasteiger partial charge in [-0.1, -0.05) is 18.5 Å². The van der Waals surface area contributed by atoms with Gasteiger partial charge in [-0.15, -0.1) is 0 Å². The van der Waals surface area contributed by atoms with E-state index in [9.17, 15) is 8.42 Å². The summed E-state index contributed by atoms with van der Waals surface area (Å²) >= 11 is 5.79. The molecule has 17 heavy (non-hydrogen) atoms. The summed E-state index contributed by atoms with van der Waals surface area (Å²) < 4.78 is 24.6. The fourth-order valence-corrected chi connectivity index (χ4v) is 4.06. The predicted octanol–water partition coefficient (Wildman–Crippen LogP) is 1.00. The number of hydrogen-bond donors (Lipinski definition) is 0. The molecule has 1 aliphatic rings. The van der Waals surface area contributed by atoms with Crippen molar-refractivity contribution < 1.29 is 8.42 Å². The van der Waals surface area contributed by atoms with Gasteiger partial charge in [-0.3, -0.25) is 9.58 Å². The fourth-order valence-electron chi connectivity index (χ4n) is 2.14. The van der Waals surface area contributed by atoms with Crippen LogP contribution in [0.3, 0.4) is 0 Å². The Morgan fingerprint density at radius 2 is 2.41 bits per heavy atom. The second-order valence-electron chi connectivity index (χ2n) is 4.30. The molecular weight excluding hydrogens is 262 g/mol. The van der Waals surface area contributed by atoms with Gasteiger partial charge in [0.05, 0.1) is 29.4 Å².